The molecule has 16 heavy (non-hydrogen) atoms. The Hall–Kier alpha value is -0.600. The third kappa shape index (κ3) is 4.95. The Labute approximate surface area is 99.3 Å². The number of rotatable bonds is 7. The van der Waals surface area contributed by atoms with Crippen LogP contribution in [-0.2, 0) is 9.47 Å². The molecule has 1 fully saturated rings. The second-order valence-corrected chi connectivity index (χ2v) is 4.47. The summed E-state index contributed by atoms with van der Waals surface area (Å²) in [5, 5.41) is 0. The van der Waals surface area contributed by atoms with Crippen molar-refractivity contribution in [3.63, 3.8) is 0 Å². The smallest absolute Gasteiger partial charge is 0.177 e. The second kappa shape index (κ2) is 7.64. The van der Waals surface area contributed by atoms with E-state index in [1.807, 2.05) is 13.0 Å². The van der Waals surface area contributed by atoms with Crippen LogP contribution in [0.25, 0.3) is 0 Å². The summed E-state index contributed by atoms with van der Waals surface area (Å²) < 4.78 is 11.6. The van der Waals surface area contributed by atoms with Gasteiger partial charge >= 0.3 is 0 Å². The minimum atomic E-state index is -0.266. The van der Waals surface area contributed by atoms with Crippen molar-refractivity contribution in [2.24, 2.45) is 0 Å². The molecule has 0 N–H and O–H groups in total. The first kappa shape index (κ1) is 13.5. The lowest BCUT2D eigenvalue weighted by Gasteiger charge is -2.27. The van der Waals surface area contributed by atoms with Gasteiger partial charge in [0.1, 0.15) is 0 Å². The average molecular weight is 224 g/mol. The highest BCUT2D eigenvalue weighted by Crippen LogP contribution is 2.22. The monoisotopic (exact) mass is 224 g/mol. The Morgan fingerprint density at radius 1 is 1.25 bits per heavy atom. The quantitative estimate of drug-likeness (QED) is 0.483. The van der Waals surface area contributed by atoms with Gasteiger partial charge < -0.3 is 9.47 Å². The third-order valence-electron chi connectivity index (χ3n) is 2.94. The fourth-order valence-corrected chi connectivity index (χ4v) is 2.05. The molecule has 2 heteroatoms. The molecular formula is C14H24O2. The van der Waals surface area contributed by atoms with Crippen molar-refractivity contribution in [1.82, 2.24) is 0 Å². The van der Waals surface area contributed by atoms with Crippen molar-refractivity contribution in [2.75, 3.05) is 0 Å². The molecular weight excluding hydrogens is 200 g/mol. The van der Waals surface area contributed by atoms with Crippen LogP contribution in [0.5, 0.6) is 0 Å². The average Bonchev–Trinajstić information content (AvgIpc) is 2.30. The molecule has 0 radical (unpaired) electrons. The standard InChI is InChI=1S/C14H24O2/c1-4-9-12(3)15-14(5-2)16-13-10-7-6-8-11-13/h4-5,12-14H,1-2,6-11H2,3H3/t12-,14-/m1/s1. The minimum absolute atomic E-state index is 0.143. The number of ether oxygens (including phenoxy) is 2. The molecule has 2 nitrogen and oxygen atoms in total. The molecule has 1 aliphatic rings. The molecule has 0 amide bonds. The van der Waals surface area contributed by atoms with Gasteiger partial charge in [0, 0.05) is 0 Å². The molecule has 2 atom stereocenters. The van der Waals surface area contributed by atoms with Crippen molar-refractivity contribution < 1.29 is 9.47 Å². The molecule has 0 heterocycles. The van der Waals surface area contributed by atoms with Crippen LogP contribution < -0.4 is 0 Å². The molecule has 0 aromatic carbocycles. The van der Waals surface area contributed by atoms with Gasteiger partial charge in [-0.25, -0.2) is 0 Å². The zero-order valence-corrected chi connectivity index (χ0v) is 10.4. The van der Waals surface area contributed by atoms with E-state index in [0.717, 1.165) is 19.3 Å². The maximum absolute atomic E-state index is 5.88. The second-order valence-electron chi connectivity index (χ2n) is 4.47. The van der Waals surface area contributed by atoms with Gasteiger partial charge in [0.2, 0.25) is 0 Å². The van der Waals surface area contributed by atoms with Gasteiger partial charge in [-0.15, -0.1) is 6.58 Å². The van der Waals surface area contributed by atoms with E-state index in [0.29, 0.717) is 6.10 Å². The van der Waals surface area contributed by atoms with Crippen molar-refractivity contribution >= 4 is 0 Å². The fourth-order valence-electron chi connectivity index (χ4n) is 2.05. The lowest BCUT2D eigenvalue weighted by Crippen LogP contribution is -2.27. The molecule has 1 saturated carbocycles. The Bertz CT molecular complexity index is 207. The predicted octanol–water partition coefficient (Wildman–Crippen LogP) is 3.83. The van der Waals surface area contributed by atoms with E-state index < -0.39 is 0 Å². The highest BCUT2D eigenvalue weighted by molar-refractivity contribution is 4.78. The number of hydrogen-bond donors (Lipinski definition) is 0. The van der Waals surface area contributed by atoms with E-state index >= 15 is 0 Å². The van der Waals surface area contributed by atoms with E-state index in [1.54, 1.807) is 6.08 Å². The molecule has 0 aliphatic heterocycles. The Balaban J connectivity index is 2.29. The first-order valence-corrected chi connectivity index (χ1v) is 6.30. The minimum Gasteiger partial charge on any atom is -0.346 e. The summed E-state index contributed by atoms with van der Waals surface area (Å²) in [6, 6.07) is 0. The van der Waals surface area contributed by atoms with Crippen molar-refractivity contribution in [3.05, 3.63) is 25.3 Å². The van der Waals surface area contributed by atoms with Gasteiger partial charge in [0.25, 0.3) is 0 Å². The van der Waals surface area contributed by atoms with Crippen LogP contribution in [0.2, 0.25) is 0 Å². The van der Waals surface area contributed by atoms with Crippen molar-refractivity contribution in [3.8, 4) is 0 Å². The molecule has 0 bridgehead atoms. The number of hydrogen-bond acceptors (Lipinski definition) is 2. The summed E-state index contributed by atoms with van der Waals surface area (Å²) in [4.78, 5) is 0. The summed E-state index contributed by atoms with van der Waals surface area (Å²) in [5.41, 5.74) is 0. The summed E-state index contributed by atoms with van der Waals surface area (Å²) in [6.07, 6.45) is 10.9. The maximum Gasteiger partial charge on any atom is 0.177 e. The van der Waals surface area contributed by atoms with Gasteiger partial charge in [-0.3, -0.25) is 0 Å². The zero-order valence-electron chi connectivity index (χ0n) is 10.4. The van der Waals surface area contributed by atoms with Crippen LogP contribution in [0.4, 0.5) is 0 Å². The van der Waals surface area contributed by atoms with Crippen molar-refractivity contribution in [1.29, 1.82) is 0 Å². The third-order valence-corrected chi connectivity index (χ3v) is 2.94. The molecule has 0 spiro atoms. The summed E-state index contributed by atoms with van der Waals surface area (Å²) >= 11 is 0. The first-order chi connectivity index (χ1) is 7.76. The van der Waals surface area contributed by atoms with Crippen LogP contribution in [0, 0.1) is 0 Å². The molecule has 92 valence electrons. The van der Waals surface area contributed by atoms with Crippen LogP contribution in [0.15, 0.2) is 25.3 Å². The molecule has 1 aliphatic carbocycles. The van der Waals surface area contributed by atoms with Gasteiger partial charge in [-0.1, -0.05) is 31.9 Å². The van der Waals surface area contributed by atoms with Crippen LogP contribution >= 0.6 is 0 Å². The first-order valence-electron chi connectivity index (χ1n) is 6.30. The lowest BCUT2D eigenvalue weighted by molar-refractivity contribution is -0.169. The summed E-state index contributed by atoms with van der Waals surface area (Å²) in [7, 11) is 0. The van der Waals surface area contributed by atoms with Crippen LogP contribution in [0.3, 0.4) is 0 Å². The zero-order chi connectivity index (χ0) is 11.8. The highest BCUT2D eigenvalue weighted by Gasteiger charge is 2.18. The Morgan fingerprint density at radius 3 is 2.50 bits per heavy atom. The predicted molar refractivity (Wildman–Crippen MR) is 67.3 cm³/mol. The van der Waals surface area contributed by atoms with Gasteiger partial charge in [-0.2, -0.15) is 0 Å². The lowest BCUT2D eigenvalue weighted by atomic mass is 9.98. The maximum atomic E-state index is 5.88. The van der Waals surface area contributed by atoms with E-state index in [2.05, 4.69) is 13.2 Å². The topological polar surface area (TPSA) is 18.5 Å². The highest BCUT2D eigenvalue weighted by atomic mass is 16.7. The molecule has 0 aromatic heterocycles. The van der Waals surface area contributed by atoms with Crippen LogP contribution in [0.1, 0.15) is 45.4 Å². The van der Waals surface area contributed by atoms with Crippen LogP contribution in [-0.4, -0.2) is 18.5 Å². The van der Waals surface area contributed by atoms with Gasteiger partial charge in [0.15, 0.2) is 6.29 Å². The fraction of sp³-hybridized carbons (Fsp3) is 0.714. The molecule has 0 aromatic rings. The molecule has 0 unspecified atom stereocenters. The summed E-state index contributed by atoms with van der Waals surface area (Å²) in [6.45, 7) is 9.50. The van der Waals surface area contributed by atoms with E-state index in [1.165, 1.54) is 19.3 Å². The van der Waals surface area contributed by atoms with Gasteiger partial charge in [-0.05, 0) is 32.3 Å². The summed E-state index contributed by atoms with van der Waals surface area (Å²) in [5.74, 6) is 0. The Morgan fingerprint density at radius 2 is 1.94 bits per heavy atom. The Kier molecular flexibility index (Phi) is 6.43. The SMILES string of the molecule is C=CC[C@@H](C)O[C@@H](C=C)OC1CCCCC1. The van der Waals surface area contributed by atoms with E-state index in [4.69, 9.17) is 9.47 Å². The molecule has 0 saturated heterocycles. The largest absolute Gasteiger partial charge is 0.346 e. The van der Waals surface area contributed by atoms with Gasteiger partial charge in [0.05, 0.1) is 12.2 Å². The van der Waals surface area contributed by atoms with Crippen molar-refractivity contribution in [2.45, 2.75) is 63.9 Å². The van der Waals surface area contributed by atoms with E-state index in [9.17, 15) is 0 Å². The normalized spacial score (nSPS) is 21.3. The van der Waals surface area contributed by atoms with E-state index in [-0.39, 0.29) is 12.4 Å². The molecule has 1 rings (SSSR count).